The number of rotatable bonds is 8. The van der Waals surface area contributed by atoms with E-state index in [0.29, 0.717) is 6.61 Å². The summed E-state index contributed by atoms with van der Waals surface area (Å²) in [5, 5.41) is 13.6. The minimum atomic E-state index is -2.82. The van der Waals surface area contributed by atoms with Gasteiger partial charge in [0.25, 0.3) is 8.32 Å². The zero-order valence-corrected chi connectivity index (χ0v) is 24.4. The maximum atomic E-state index is 11.5. The van der Waals surface area contributed by atoms with Gasteiger partial charge in [-0.2, -0.15) is 0 Å². The lowest BCUT2D eigenvalue weighted by Gasteiger charge is -2.45. The molecule has 5 atom stereocenters. The van der Waals surface area contributed by atoms with E-state index < -0.39 is 44.8 Å². The first-order valence-corrected chi connectivity index (χ1v) is 15.6. The summed E-state index contributed by atoms with van der Waals surface area (Å²) in [4.78, 5) is 0. The molecule has 1 N–H and O–H groups in total. The van der Waals surface area contributed by atoms with Crippen LogP contribution in [0.5, 0.6) is 0 Å². The van der Waals surface area contributed by atoms with Crippen LogP contribution in [0.4, 0.5) is 0 Å². The summed E-state index contributed by atoms with van der Waals surface area (Å²) in [6.07, 6.45) is -3.46. The first-order chi connectivity index (χ1) is 18.6. The van der Waals surface area contributed by atoms with Crippen molar-refractivity contribution in [3.8, 4) is 0 Å². The van der Waals surface area contributed by atoms with E-state index in [0.717, 1.165) is 5.56 Å². The van der Waals surface area contributed by atoms with Crippen LogP contribution in [0.3, 0.4) is 0 Å². The second kappa shape index (κ2) is 11.3. The van der Waals surface area contributed by atoms with E-state index in [4.69, 9.17) is 23.4 Å². The number of hydrogen-bond donors (Lipinski definition) is 1. The molecule has 2 saturated heterocycles. The van der Waals surface area contributed by atoms with Gasteiger partial charge in [0.05, 0.1) is 13.2 Å². The fraction of sp³-hybridized carbons (Fsp3) is 0.438. The van der Waals surface area contributed by atoms with E-state index >= 15 is 0 Å². The number of benzene rings is 3. The Hall–Kier alpha value is -2.36. The first-order valence-electron chi connectivity index (χ1n) is 13.7. The smallest absolute Gasteiger partial charge is 0.261 e. The molecule has 208 valence electrons. The van der Waals surface area contributed by atoms with Crippen molar-refractivity contribution in [2.24, 2.45) is 0 Å². The lowest BCUT2D eigenvalue weighted by Crippen LogP contribution is -2.68. The van der Waals surface area contributed by atoms with Crippen molar-refractivity contribution in [3.63, 3.8) is 0 Å². The maximum absolute atomic E-state index is 11.5. The quantitative estimate of drug-likeness (QED) is 0.422. The largest absolute Gasteiger partial charge is 0.405 e. The Balaban J connectivity index is 1.44. The molecule has 7 heteroatoms. The molecule has 2 fully saturated rings. The zero-order chi connectivity index (χ0) is 27.7. The molecule has 6 nitrogen and oxygen atoms in total. The normalized spacial score (nSPS) is 26.8. The number of fused-ring (bicyclic) bond motifs is 1. The highest BCUT2D eigenvalue weighted by atomic mass is 28.4. The Morgan fingerprint density at radius 1 is 0.795 bits per heavy atom. The fourth-order valence-electron chi connectivity index (χ4n) is 5.83. The molecular weight excluding hydrogens is 508 g/mol. The molecule has 0 aliphatic carbocycles. The molecule has 5 rings (SSSR count). The average molecular weight is 549 g/mol. The van der Waals surface area contributed by atoms with Crippen molar-refractivity contribution >= 4 is 18.7 Å². The minimum absolute atomic E-state index is 0.187. The van der Waals surface area contributed by atoms with Gasteiger partial charge < -0.3 is 28.5 Å². The van der Waals surface area contributed by atoms with E-state index in [9.17, 15) is 5.11 Å². The summed E-state index contributed by atoms with van der Waals surface area (Å²) < 4.78 is 32.1. The highest BCUT2D eigenvalue weighted by Gasteiger charge is 2.57. The molecule has 39 heavy (non-hydrogen) atoms. The maximum Gasteiger partial charge on any atom is 0.261 e. The Morgan fingerprint density at radius 3 is 1.85 bits per heavy atom. The van der Waals surface area contributed by atoms with Crippen LogP contribution in [-0.4, -0.2) is 56.5 Å². The van der Waals surface area contributed by atoms with Crippen molar-refractivity contribution in [1.82, 2.24) is 0 Å². The molecule has 3 aromatic carbocycles. The van der Waals surface area contributed by atoms with Crippen LogP contribution in [0, 0.1) is 0 Å². The standard InChI is InChI=1S/C32H40O6Si/c1-31(2,3)39(24-17-11-7-12-18-24,25-19-13-8-14-20-25)35-22-26-27(33)28-29(38-32(4,5)37-28)30(36-26)34-21-23-15-9-6-10-16-23/h6-20,26-30,33H,21-22H2,1-5H3/t26-,27+,28+,29-,30-/m1/s1. The molecular formula is C32H40O6Si. The SMILES string of the molecule is CC1(C)O[C@H]2[C@H](OCc3ccccc3)O[C@H](CO[Si](c3ccccc3)(c3ccccc3)C(C)(C)C)[C@H](O)[C@@H]2O1. The number of aliphatic hydroxyl groups is 1. The Labute approximate surface area is 233 Å². The molecule has 3 aromatic rings. The highest BCUT2D eigenvalue weighted by Crippen LogP contribution is 2.40. The van der Waals surface area contributed by atoms with Gasteiger partial charge in [-0.25, -0.2) is 0 Å². The molecule has 0 aromatic heterocycles. The van der Waals surface area contributed by atoms with Crippen LogP contribution in [0.15, 0.2) is 91.0 Å². The zero-order valence-electron chi connectivity index (χ0n) is 23.4. The number of aliphatic hydroxyl groups excluding tert-OH is 1. The Morgan fingerprint density at radius 2 is 1.31 bits per heavy atom. The second-order valence-corrected chi connectivity index (χ2v) is 16.2. The number of hydrogen-bond acceptors (Lipinski definition) is 6. The molecule has 2 heterocycles. The molecule has 2 aliphatic rings. The van der Waals surface area contributed by atoms with Gasteiger partial charge in [0.1, 0.15) is 24.4 Å². The van der Waals surface area contributed by atoms with Crippen LogP contribution in [-0.2, 0) is 30.0 Å². The third kappa shape index (κ3) is 5.76. The van der Waals surface area contributed by atoms with Crippen LogP contribution < -0.4 is 10.4 Å². The van der Waals surface area contributed by atoms with E-state index in [1.165, 1.54) is 10.4 Å². The van der Waals surface area contributed by atoms with Crippen LogP contribution in [0.2, 0.25) is 5.04 Å². The van der Waals surface area contributed by atoms with E-state index in [1.54, 1.807) is 0 Å². The van der Waals surface area contributed by atoms with Crippen molar-refractivity contribution < 1.29 is 28.5 Å². The van der Waals surface area contributed by atoms with Gasteiger partial charge >= 0.3 is 0 Å². The predicted molar refractivity (Wildman–Crippen MR) is 153 cm³/mol. The second-order valence-electron chi connectivity index (χ2n) is 11.9. The van der Waals surface area contributed by atoms with Crippen LogP contribution in [0.1, 0.15) is 40.2 Å². The Bertz CT molecular complexity index is 1160. The summed E-state index contributed by atoms with van der Waals surface area (Å²) in [5.41, 5.74) is 1.03. The summed E-state index contributed by atoms with van der Waals surface area (Å²) >= 11 is 0. The highest BCUT2D eigenvalue weighted by molar-refractivity contribution is 6.99. The van der Waals surface area contributed by atoms with Crippen LogP contribution in [0.25, 0.3) is 0 Å². The lowest BCUT2D eigenvalue weighted by atomic mass is 9.99. The van der Waals surface area contributed by atoms with Gasteiger partial charge in [0, 0.05) is 0 Å². The van der Waals surface area contributed by atoms with E-state index in [2.05, 4.69) is 69.3 Å². The third-order valence-electron chi connectivity index (χ3n) is 7.60. The van der Waals surface area contributed by atoms with Crippen molar-refractivity contribution in [2.45, 2.75) is 82.8 Å². The Kier molecular flexibility index (Phi) is 8.13. The monoisotopic (exact) mass is 548 g/mol. The lowest BCUT2D eigenvalue weighted by molar-refractivity contribution is -0.282. The summed E-state index contributed by atoms with van der Waals surface area (Å²) in [6, 6.07) is 30.9. The molecule has 0 amide bonds. The van der Waals surface area contributed by atoms with Crippen molar-refractivity contribution in [1.29, 1.82) is 0 Å². The summed E-state index contributed by atoms with van der Waals surface area (Å²) in [6.45, 7) is 10.9. The van der Waals surface area contributed by atoms with E-state index in [1.807, 2.05) is 56.3 Å². The fourth-order valence-corrected chi connectivity index (χ4v) is 10.4. The average Bonchev–Trinajstić information content (AvgIpc) is 3.26. The molecule has 0 radical (unpaired) electrons. The van der Waals surface area contributed by atoms with E-state index in [-0.39, 0.29) is 11.6 Å². The first kappa shape index (κ1) is 28.2. The molecule has 0 spiro atoms. The third-order valence-corrected chi connectivity index (χ3v) is 12.6. The number of ether oxygens (including phenoxy) is 4. The van der Waals surface area contributed by atoms with Gasteiger partial charge in [-0.3, -0.25) is 0 Å². The van der Waals surface area contributed by atoms with Gasteiger partial charge in [0.2, 0.25) is 0 Å². The minimum Gasteiger partial charge on any atom is -0.405 e. The van der Waals surface area contributed by atoms with Gasteiger partial charge in [-0.15, -0.1) is 0 Å². The molecule has 0 bridgehead atoms. The predicted octanol–water partition coefficient (Wildman–Crippen LogP) is 4.39. The van der Waals surface area contributed by atoms with Gasteiger partial charge in [-0.1, -0.05) is 112 Å². The van der Waals surface area contributed by atoms with Crippen molar-refractivity contribution in [2.75, 3.05) is 6.61 Å². The van der Waals surface area contributed by atoms with Gasteiger partial charge in [-0.05, 0) is 34.8 Å². The van der Waals surface area contributed by atoms with Crippen LogP contribution >= 0.6 is 0 Å². The molecule has 0 saturated carbocycles. The van der Waals surface area contributed by atoms with Gasteiger partial charge in [0.15, 0.2) is 12.1 Å². The summed E-state index contributed by atoms with van der Waals surface area (Å²) in [5.74, 6) is -0.859. The topological polar surface area (TPSA) is 66.4 Å². The van der Waals surface area contributed by atoms with Crippen molar-refractivity contribution in [3.05, 3.63) is 96.6 Å². The molecule has 0 unspecified atom stereocenters. The molecule has 2 aliphatic heterocycles. The summed E-state index contributed by atoms with van der Waals surface area (Å²) in [7, 11) is -2.82.